The molecule has 1 unspecified atom stereocenters. The second-order valence-electron chi connectivity index (χ2n) is 6.31. The summed E-state index contributed by atoms with van der Waals surface area (Å²) in [5, 5.41) is 8.93. The first-order valence-corrected chi connectivity index (χ1v) is 9.05. The third kappa shape index (κ3) is 4.52. The summed E-state index contributed by atoms with van der Waals surface area (Å²) in [6.07, 6.45) is -1.48. The van der Waals surface area contributed by atoms with Gasteiger partial charge in [-0.1, -0.05) is 6.08 Å². The number of allylic oxidation sites excluding steroid dienone is 1. The lowest BCUT2D eigenvalue weighted by molar-refractivity contribution is -0.140. The van der Waals surface area contributed by atoms with Crippen LogP contribution < -0.4 is 5.32 Å². The van der Waals surface area contributed by atoms with Crippen molar-refractivity contribution >= 4 is 17.9 Å². The van der Waals surface area contributed by atoms with Gasteiger partial charge in [-0.15, -0.1) is 6.58 Å². The Bertz CT molecular complexity index is 751. The molecule has 0 aliphatic carbocycles. The fraction of sp³-hybridized carbons (Fsp3) is 0.474. The van der Waals surface area contributed by atoms with E-state index in [-0.39, 0.29) is 11.3 Å². The maximum atomic E-state index is 14.6. The summed E-state index contributed by atoms with van der Waals surface area (Å²) in [6, 6.07) is 1.28. The Labute approximate surface area is 162 Å². The van der Waals surface area contributed by atoms with E-state index >= 15 is 0 Å². The molecule has 0 amide bonds. The SMILES string of the molecule is C/C=N\N1C(N2CCNCC2)=Nc2ccc(C(F)(F)F)c(F)c2C1C.C=CC. The molecule has 1 aromatic carbocycles. The molecule has 0 aromatic heterocycles. The summed E-state index contributed by atoms with van der Waals surface area (Å²) in [7, 11) is 0. The van der Waals surface area contributed by atoms with Gasteiger partial charge in [0.1, 0.15) is 5.82 Å². The first-order chi connectivity index (χ1) is 13.3. The molecule has 2 aliphatic heterocycles. The van der Waals surface area contributed by atoms with Crippen molar-refractivity contribution in [2.75, 3.05) is 26.2 Å². The number of hydrogen-bond donors (Lipinski definition) is 1. The topological polar surface area (TPSA) is 43.2 Å². The van der Waals surface area contributed by atoms with Crippen LogP contribution in [0.2, 0.25) is 0 Å². The van der Waals surface area contributed by atoms with Gasteiger partial charge in [-0.25, -0.2) is 14.4 Å². The monoisotopic (exact) mass is 399 g/mol. The van der Waals surface area contributed by atoms with E-state index in [4.69, 9.17) is 0 Å². The largest absolute Gasteiger partial charge is 0.419 e. The number of hydrogen-bond acceptors (Lipinski definition) is 5. The van der Waals surface area contributed by atoms with Gasteiger partial charge in [0.05, 0.1) is 17.3 Å². The van der Waals surface area contributed by atoms with E-state index in [9.17, 15) is 17.6 Å². The molecule has 1 atom stereocenters. The van der Waals surface area contributed by atoms with Crippen LogP contribution in [0.25, 0.3) is 0 Å². The summed E-state index contributed by atoms with van der Waals surface area (Å²) < 4.78 is 53.7. The normalized spacial score (nSPS) is 19.7. The number of nitrogens with one attached hydrogen (secondary N) is 1. The summed E-state index contributed by atoms with van der Waals surface area (Å²) in [5.74, 6) is -0.754. The van der Waals surface area contributed by atoms with Crippen molar-refractivity contribution in [2.45, 2.75) is 33.0 Å². The molecular weight excluding hydrogens is 374 g/mol. The number of nitrogens with zero attached hydrogens (tertiary/aromatic N) is 4. The van der Waals surface area contributed by atoms with Crippen molar-refractivity contribution in [3.63, 3.8) is 0 Å². The summed E-state index contributed by atoms with van der Waals surface area (Å²) in [6.45, 7) is 11.5. The van der Waals surface area contributed by atoms with Crippen LogP contribution in [0.1, 0.15) is 37.9 Å². The molecule has 0 radical (unpaired) electrons. The Morgan fingerprint density at radius 1 is 1.25 bits per heavy atom. The molecule has 1 saturated heterocycles. The zero-order chi connectivity index (χ0) is 20.9. The molecule has 0 bridgehead atoms. The molecule has 3 rings (SSSR count). The molecule has 154 valence electrons. The van der Waals surface area contributed by atoms with Crippen LogP contribution in [-0.4, -0.2) is 48.3 Å². The lowest BCUT2D eigenvalue weighted by Crippen LogP contribution is -2.52. The predicted molar refractivity (Wildman–Crippen MR) is 103 cm³/mol. The van der Waals surface area contributed by atoms with Crippen molar-refractivity contribution in [1.29, 1.82) is 0 Å². The van der Waals surface area contributed by atoms with Crippen LogP contribution in [0.4, 0.5) is 23.2 Å². The lowest BCUT2D eigenvalue weighted by Gasteiger charge is -2.39. The van der Waals surface area contributed by atoms with E-state index in [0.717, 1.165) is 19.2 Å². The Morgan fingerprint density at radius 3 is 2.39 bits per heavy atom. The van der Waals surface area contributed by atoms with Gasteiger partial charge in [0, 0.05) is 38.0 Å². The predicted octanol–water partition coefficient (Wildman–Crippen LogP) is 4.31. The highest BCUT2D eigenvalue weighted by molar-refractivity contribution is 5.86. The number of aliphatic imine (C=N–C) groups is 1. The Morgan fingerprint density at radius 2 is 1.86 bits per heavy atom. The fourth-order valence-electron chi connectivity index (χ4n) is 3.11. The quantitative estimate of drug-likeness (QED) is 0.435. The molecule has 1 N–H and O–H groups in total. The number of piperazine rings is 1. The smallest absolute Gasteiger partial charge is 0.338 e. The van der Waals surface area contributed by atoms with Crippen molar-refractivity contribution in [1.82, 2.24) is 15.2 Å². The summed E-state index contributed by atoms with van der Waals surface area (Å²) in [5.41, 5.74) is -1.15. The standard InChI is InChI=1S/C16H19F4N5.C3H6/c1-3-22-25-10(2)13-12(5-4-11(14(13)17)16(18,19)20)23-15(25)24-8-6-21-7-9-24;1-3-2/h3-5,10,21H,6-9H2,1-2H3;3H,1H2,2H3/b22-3-;. The Balaban J connectivity index is 0.000000878. The maximum Gasteiger partial charge on any atom is 0.419 e. The molecule has 2 aliphatic rings. The molecule has 2 heterocycles. The number of rotatable bonds is 1. The molecule has 9 heteroatoms. The lowest BCUT2D eigenvalue weighted by atomic mass is 9.99. The van der Waals surface area contributed by atoms with Crippen molar-refractivity contribution < 1.29 is 17.6 Å². The number of benzene rings is 1. The first kappa shape index (κ1) is 21.9. The van der Waals surface area contributed by atoms with Crippen LogP contribution >= 0.6 is 0 Å². The van der Waals surface area contributed by atoms with Gasteiger partial charge in [0.2, 0.25) is 5.96 Å². The fourth-order valence-corrected chi connectivity index (χ4v) is 3.11. The zero-order valence-electron chi connectivity index (χ0n) is 16.2. The highest BCUT2D eigenvalue weighted by Gasteiger charge is 2.39. The van der Waals surface area contributed by atoms with Crippen molar-refractivity contribution in [2.24, 2.45) is 10.1 Å². The average molecular weight is 399 g/mol. The zero-order valence-corrected chi connectivity index (χ0v) is 16.2. The highest BCUT2D eigenvalue weighted by atomic mass is 19.4. The number of guanidine groups is 1. The minimum atomic E-state index is -4.75. The molecule has 1 aromatic rings. The van der Waals surface area contributed by atoms with Crippen LogP contribution in [0.3, 0.4) is 0 Å². The Hall–Kier alpha value is -2.42. The van der Waals surface area contributed by atoms with E-state index in [1.54, 1.807) is 19.9 Å². The molecule has 1 fully saturated rings. The van der Waals surface area contributed by atoms with Crippen molar-refractivity contribution in [3.8, 4) is 0 Å². The van der Waals surface area contributed by atoms with Gasteiger partial charge < -0.3 is 10.2 Å². The van der Waals surface area contributed by atoms with Gasteiger partial charge >= 0.3 is 6.18 Å². The van der Waals surface area contributed by atoms with E-state index in [1.807, 2.05) is 11.8 Å². The third-order valence-electron chi connectivity index (χ3n) is 4.31. The van der Waals surface area contributed by atoms with Gasteiger partial charge in [0.15, 0.2) is 0 Å². The summed E-state index contributed by atoms with van der Waals surface area (Å²) in [4.78, 5) is 6.42. The second kappa shape index (κ2) is 9.18. The van der Waals surface area contributed by atoms with Gasteiger partial charge in [-0.2, -0.15) is 18.3 Å². The van der Waals surface area contributed by atoms with E-state index in [0.29, 0.717) is 19.0 Å². The highest BCUT2D eigenvalue weighted by Crippen LogP contribution is 2.42. The van der Waals surface area contributed by atoms with Gasteiger partial charge in [-0.3, -0.25) is 0 Å². The second-order valence-corrected chi connectivity index (χ2v) is 6.31. The van der Waals surface area contributed by atoms with Crippen LogP contribution in [-0.2, 0) is 6.18 Å². The van der Waals surface area contributed by atoms with E-state index in [2.05, 4.69) is 22.0 Å². The molecular formula is C19H25F4N5. The molecule has 0 spiro atoms. The third-order valence-corrected chi connectivity index (χ3v) is 4.31. The van der Waals surface area contributed by atoms with E-state index < -0.39 is 23.6 Å². The Kier molecular flexibility index (Phi) is 7.17. The number of alkyl halides is 3. The van der Waals surface area contributed by atoms with Gasteiger partial charge in [0.25, 0.3) is 0 Å². The van der Waals surface area contributed by atoms with Crippen LogP contribution in [0, 0.1) is 5.82 Å². The molecule has 5 nitrogen and oxygen atoms in total. The number of hydrazone groups is 1. The van der Waals surface area contributed by atoms with Crippen molar-refractivity contribution in [3.05, 3.63) is 41.7 Å². The van der Waals surface area contributed by atoms with Crippen LogP contribution in [0.15, 0.2) is 34.9 Å². The number of fused-ring (bicyclic) bond motifs is 1. The van der Waals surface area contributed by atoms with Gasteiger partial charge in [-0.05, 0) is 32.9 Å². The van der Waals surface area contributed by atoms with E-state index in [1.165, 1.54) is 17.3 Å². The minimum absolute atomic E-state index is 0.0840. The van der Waals surface area contributed by atoms with Crippen LogP contribution in [0.5, 0.6) is 0 Å². The number of halogens is 4. The first-order valence-electron chi connectivity index (χ1n) is 9.05. The minimum Gasteiger partial charge on any atom is -0.338 e. The molecule has 0 saturated carbocycles. The molecule has 28 heavy (non-hydrogen) atoms. The average Bonchev–Trinajstić information content (AvgIpc) is 2.64. The maximum absolute atomic E-state index is 14.6. The summed E-state index contributed by atoms with van der Waals surface area (Å²) >= 11 is 0.